The van der Waals surface area contributed by atoms with Crippen LogP contribution in [-0.4, -0.2) is 18.1 Å². The van der Waals surface area contributed by atoms with Crippen LogP contribution in [0.25, 0.3) is 0 Å². The van der Waals surface area contributed by atoms with E-state index in [1.807, 2.05) is 0 Å². The second kappa shape index (κ2) is 29.6. The van der Waals surface area contributed by atoms with Crippen LogP contribution in [0.4, 0.5) is 0 Å². The second-order valence-electron chi connectivity index (χ2n) is 8.93. The van der Waals surface area contributed by atoms with Crippen molar-refractivity contribution in [3.05, 3.63) is 115 Å². The highest BCUT2D eigenvalue weighted by Gasteiger charge is 2.15. The standard InChI is InChI=1S/C18H15P.C8H15Br.C8H16O.CBr4/c1-4-10-16(11-5-1)19(17-12-6-2-7-13-17)18-14-8-3-9-15-18;2*1-2-3-4-5-6-7-8-9;2-1(3,4)5/h1-15H;3-4H,2,5-8H2,1H3;3-4,9H,2,5-8H2,1H3;/b;2*4-3-;. The Hall–Kier alpha value is -0.0700. The van der Waals surface area contributed by atoms with E-state index < -0.39 is 7.92 Å². The zero-order valence-corrected chi connectivity index (χ0v) is 33.6. The first kappa shape index (κ1) is 41.9. The molecule has 0 amide bonds. The van der Waals surface area contributed by atoms with E-state index in [0.717, 1.165) is 31.0 Å². The van der Waals surface area contributed by atoms with Crippen LogP contribution in [0.15, 0.2) is 115 Å². The summed E-state index contributed by atoms with van der Waals surface area (Å²) in [5.41, 5.74) is 0. The van der Waals surface area contributed by atoms with Gasteiger partial charge < -0.3 is 5.11 Å². The lowest BCUT2D eigenvalue weighted by Gasteiger charge is -2.18. The molecular formula is C35H46Br5OP. The molecule has 0 bridgehead atoms. The fourth-order valence-electron chi connectivity index (χ4n) is 3.48. The van der Waals surface area contributed by atoms with Gasteiger partial charge in [-0.25, -0.2) is 0 Å². The van der Waals surface area contributed by atoms with E-state index in [1.165, 1.54) is 41.6 Å². The second-order valence-corrected chi connectivity index (χ2v) is 23.1. The molecule has 0 aliphatic rings. The molecule has 0 spiro atoms. The lowest BCUT2D eigenvalue weighted by atomic mass is 10.2. The highest BCUT2D eigenvalue weighted by atomic mass is 80.0. The van der Waals surface area contributed by atoms with Gasteiger partial charge in [0.2, 0.25) is 0 Å². The van der Waals surface area contributed by atoms with E-state index in [9.17, 15) is 0 Å². The summed E-state index contributed by atoms with van der Waals surface area (Å²) in [4.78, 5) is 0. The van der Waals surface area contributed by atoms with Crippen molar-refractivity contribution in [2.75, 3.05) is 11.9 Å². The third-order valence-electron chi connectivity index (χ3n) is 5.38. The van der Waals surface area contributed by atoms with Gasteiger partial charge in [-0.05, 0) is 139 Å². The van der Waals surface area contributed by atoms with Crippen LogP contribution in [-0.2, 0) is 0 Å². The number of unbranched alkanes of at least 4 members (excludes halogenated alkanes) is 4. The van der Waals surface area contributed by atoms with E-state index in [1.54, 1.807) is 0 Å². The highest BCUT2D eigenvalue weighted by molar-refractivity contribution is 9.52. The molecule has 42 heavy (non-hydrogen) atoms. The Morgan fingerprint density at radius 2 is 0.905 bits per heavy atom. The molecule has 0 atom stereocenters. The molecule has 7 heteroatoms. The van der Waals surface area contributed by atoms with Crippen molar-refractivity contribution < 1.29 is 5.11 Å². The zero-order valence-electron chi connectivity index (χ0n) is 24.8. The highest BCUT2D eigenvalue weighted by Crippen LogP contribution is 2.39. The minimum absolute atomic E-state index is 0.250. The Morgan fingerprint density at radius 1 is 0.571 bits per heavy atom. The number of aliphatic hydroxyl groups excluding tert-OH is 1. The number of hydrogen-bond donors (Lipinski definition) is 1. The summed E-state index contributed by atoms with van der Waals surface area (Å²) in [5.74, 6) is 0. The lowest BCUT2D eigenvalue weighted by molar-refractivity contribution is 0.285. The average Bonchev–Trinajstić information content (AvgIpc) is 2.99. The van der Waals surface area contributed by atoms with Gasteiger partial charge in [-0.2, -0.15) is 0 Å². The molecule has 0 heterocycles. The summed E-state index contributed by atoms with van der Waals surface area (Å²) in [7, 11) is -0.446. The first-order chi connectivity index (χ1) is 20.3. The van der Waals surface area contributed by atoms with Crippen LogP contribution in [0.2, 0.25) is 0 Å². The number of rotatable bonds is 13. The Bertz CT molecular complexity index is 906. The maximum absolute atomic E-state index is 8.40. The van der Waals surface area contributed by atoms with Gasteiger partial charge in [-0.3, -0.25) is 0 Å². The molecule has 0 unspecified atom stereocenters. The van der Waals surface area contributed by atoms with Crippen LogP contribution < -0.4 is 15.9 Å². The molecule has 1 nitrogen and oxygen atoms in total. The van der Waals surface area contributed by atoms with E-state index in [-0.39, 0.29) is 1.05 Å². The first-order valence-electron chi connectivity index (χ1n) is 14.5. The van der Waals surface area contributed by atoms with Crippen LogP contribution in [0.5, 0.6) is 0 Å². The maximum atomic E-state index is 8.40. The molecule has 0 saturated carbocycles. The summed E-state index contributed by atoms with van der Waals surface area (Å²) >= 11 is 15.9. The van der Waals surface area contributed by atoms with Gasteiger partial charge in [0.05, 0.1) is 0 Å². The van der Waals surface area contributed by atoms with E-state index in [0.29, 0.717) is 6.61 Å². The van der Waals surface area contributed by atoms with Gasteiger partial charge in [-0.15, -0.1) is 0 Å². The van der Waals surface area contributed by atoms with Gasteiger partial charge in [0.1, 0.15) is 0 Å². The normalized spacial score (nSPS) is 10.9. The quantitative estimate of drug-likeness (QED) is 0.0784. The van der Waals surface area contributed by atoms with Crippen molar-refractivity contribution in [1.29, 1.82) is 0 Å². The Balaban J connectivity index is 0.000000617. The first-order valence-corrected chi connectivity index (χ1v) is 20.1. The topological polar surface area (TPSA) is 20.2 Å². The summed E-state index contributed by atoms with van der Waals surface area (Å²) < 4.78 is -0.250. The van der Waals surface area contributed by atoms with E-state index in [4.69, 9.17) is 5.11 Å². The monoisotopic (exact) mass is 908 g/mol. The summed E-state index contributed by atoms with van der Waals surface area (Å²) in [6.07, 6.45) is 18.2. The third kappa shape index (κ3) is 26.3. The van der Waals surface area contributed by atoms with Crippen LogP contribution in [0, 0.1) is 0 Å². The summed E-state index contributed by atoms with van der Waals surface area (Å²) in [6.45, 7) is 4.63. The number of hydrogen-bond acceptors (Lipinski definition) is 1. The number of benzene rings is 3. The van der Waals surface area contributed by atoms with Crippen molar-refractivity contribution in [2.24, 2.45) is 0 Å². The largest absolute Gasteiger partial charge is 0.396 e. The Morgan fingerprint density at radius 3 is 1.19 bits per heavy atom. The fraction of sp³-hybridized carbons (Fsp3) is 0.371. The third-order valence-corrected chi connectivity index (χ3v) is 8.39. The van der Waals surface area contributed by atoms with Crippen LogP contribution >= 0.6 is 87.6 Å². The van der Waals surface area contributed by atoms with Crippen molar-refractivity contribution in [3.63, 3.8) is 0 Å². The fourth-order valence-corrected chi connectivity index (χ4v) is 6.18. The van der Waals surface area contributed by atoms with Crippen LogP contribution in [0.1, 0.15) is 65.2 Å². The zero-order chi connectivity index (χ0) is 31.3. The smallest absolute Gasteiger partial charge is 0.189 e. The molecule has 0 aromatic heterocycles. The Kier molecular flexibility index (Phi) is 29.6. The number of allylic oxidation sites excluding steroid dienone is 4. The Labute approximate surface area is 299 Å². The predicted octanol–water partition coefficient (Wildman–Crippen LogP) is 12.3. The average molecular weight is 913 g/mol. The minimum atomic E-state index is -0.446. The molecule has 232 valence electrons. The van der Waals surface area contributed by atoms with Gasteiger partial charge >= 0.3 is 0 Å². The lowest BCUT2D eigenvalue weighted by Crippen LogP contribution is -2.20. The van der Waals surface area contributed by atoms with Gasteiger partial charge in [0.25, 0.3) is 0 Å². The van der Waals surface area contributed by atoms with E-state index >= 15 is 0 Å². The van der Waals surface area contributed by atoms with Crippen molar-refractivity contribution in [3.8, 4) is 0 Å². The van der Waals surface area contributed by atoms with Gasteiger partial charge in [0.15, 0.2) is 1.05 Å². The summed E-state index contributed by atoms with van der Waals surface area (Å²) in [6, 6.07) is 32.3. The van der Waals surface area contributed by atoms with Crippen molar-refractivity contribution in [1.82, 2.24) is 0 Å². The molecule has 0 aliphatic carbocycles. The number of alkyl halides is 5. The van der Waals surface area contributed by atoms with Crippen molar-refractivity contribution >= 4 is 103 Å². The molecular weight excluding hydrogens is 867 g/mol. The number of aliphatic hydroxyl groups is 1. The molecule has 0 fully saturated rings. The maximum Gasteiger partial charge on any atom is 0.189 e. The molecule has 3 aromatic rings. The molecule has 0 radical (unpaired) electrons. The molecule has 3 rings (SSSR count). The number of halogens is 5. The minimum Gasteiger partial charge on any atom is -0.396 e. The SMILES string of the molecule is BrC(Br)(Br)Br.CC/C=C\CCCCBr.CC/C=C\CCCCO.c1ccc(P(c2ccccc2)c2ccccc2)cc1. The molecule has 1 N–H and O–H groups in total. The van der Waals surface area contributed by atoms with Gasteiger partial charge in [-0.1, -0.05) is 145 Å². The molecule has 3 aromatic carbocycles. The molecule has 0 saturated heterocycles. The van der Waals surface area contributed by atoms with Gasteiger partial charge in [0, 0.05) is 11.9 Å². The predicted molar refractivity (Wildman–Crippen MR) is 211 cm³/mol. The van der Waals surface area contributed by atoms with Crippen LogP contribution in [0.3, 0.4) is 0 Å². The summed E-state index contributed by atoms with van der Waals surface area (Å²) in [5, 5.41) is 13.7. The molecule has 0 aliphatic heterocycles. The van der Waals surface area contributed by atoms with E-state index in [2.05, 4.69) is 209 Å². The van der Waals surface area contributed by atoms with Crippen molar-refractivity contribution in [2.45, 2.75) is 66.3 Å².